The van der Waals surface area contributed by atoms with E-state index in [0.29, 0.717) is 6.54 Å². The highest BCUT2D eigenvalue weighted by Gasteiger charge is 2.08. The third-order valence-electron chi connectivity index (χ3n) is 3.07. The molecule has 0 radical (unpaired) electrons. The van der Waals surface area contributed by atoms with Crippen LogP contribution in [0.5, 0.6) is 0 Å². The quantitative estimate of drug-likeness (QED) is 0.863. The molecule has 17 heavy (non-hydrogen) atoms. The van der Waals surface area contributed by atoms with Gasteiger partial charge < -0.3 is 9.67 Å². The summed E-state index contributed by atoms with van der Waals surface area (Å²) in [6, 6.07) is 5.99. The molecule has 0 saturated carbocycles. The van der Waals surface area contributed by atoms with Crippen molar-refractivity contribution in [1.29, 1.82) is 0 Å². The number of hydrogen-bond acceptors (Lipinski definition) is 1. The van der Waals surface area contributed by atoms with Crippen molar-refractivity contribution in [2.24, 2.45) is 0 Å². The summed E-state index contributed by atoms with van der Waals surface area (Å²) in [7, 11) is 0. The fourth-order valence-electron chi connectivity index (χ4n) is 2.20. The van der Waals surface area contributed by atoms with Crippen molar-refractivity contribution < 1.29 is 5.11 Å². The monoisotopic (exact) mass is 251 g/mol. The highest BCUT2D eigenvalue weighted by Crippen LogP contribution is 2.26. The Kier molecular flexibility index (Phi) is 4.08. The summed E-state index contributed by atoms with van der Waals surface area (Å²) < 4.78 is 2.09. The molecular formula is C14H18ClNO. The van der Waals surface area contributed by atoms with Crippen molar-refractivity contribution in [1.82, 2.24) is 4.57 Å². The van der Waals surface area contributed by atoms with E-state index >= 15 is 0 Å². The maximum absolute atomic E-state index is 9.08. The highest BCUT2D eigenvalue weighted by molar-refractivity contribution is 6.31. The molecule has 1 aromatic heterocycles. The second-order valence-electron chi connectivity index (χ2n) is 4.34. The summed E-state index contributed by atoms with van der Waals surface area (Å²) in [4.78, 5) is 0. The van der Waals surface area contributed by atoms with E-state index in [9.17, 15) is 0 Å². The second-order valence-corrected chi connectivity index (χ2v) is 4.77. The third kappa shape index (κ3) is 2.64. The van der Waals surface area contributed by atoms with Gasteiger partial charge in [-0.2, -0.15) is 0 Å². The number of benzene rings is 1. The number of unbranched alkanes of at least 4 members (excludes halogenated alkanes) is 1. The van der Waals surface area contributed by atoms with Crippen LogP contribution in [0.4, 0.5) is 0 Å². The SMILES string of the molecule is CCCCc1cn(CCO)c2cc(Cl)ccc12. The van der Waals surface area contributed by atoms with Gasteiger partial charge in [0.05, 0.1) is 6.61 Å². The third-order valence-corrected chi connectivity index (χ3v) is 3.30. The van der Waals surface area contributed by atoms with Crippen molar-refractivity contribution in [2.75, 3.05) is 6.61 Å². The Morgan fingerprint density at radius 2 is 2.18 bits per heavy atom. The van der Waals surface area contributed by atoms with E-state index in [1.165, 1.54) is 23.8 Å². The van der Waals surface area contributed by atoms with Crippen molar-refractivity contribution >= 4 is 22.5 Å². The van der Waals surface area contributed by atoms with Crippen LogP contribution >= 0.6 is 11.6 Å². The number of hydrogen-bond donors (Lipinski definition) is 1. The van der Waals surface area contributed by atoms with Gasteiger partial charge in [-0.15, -0.1) is 0 Å². The summed E-state index contributed by atoms with van der Waals surface area (Å²) in [5.41, 5.74) is 2.48. The Balaban J connectivity index is 2.46. The summed E-state index contributed by atoms with van der Waals surface area (Å²) >= 11 is 6.03. The van der Waals surface area contributed by atoms with Gasteiger partial charge in [0.1, 0.15) is 0 Å². The van der Waals surface area contributed by atoms with Crippen LogP contribution in [0.25, 0.3) is 10.9 Å². The lowest BCUT2D eigenvalue weighted by molar-refractivity contribution is 0.278. The molecule has 2 aromatic rings. The normalized spacial score (nSPS) is 11.2. The van der Waals surface area contributed by atoms with Crippen LogP contribution < -0.4 is 0 Å². The zero-order chi connectivity index (χ0) is 12.3. The molecule has 0 spiro atoms. The van der Waals surface area contributed by atoms with Gasteiger partial charge in [-0.25, -0.2) is 0 Å². The molecule has 1 N–H and O–H groups in total. The molecule has 2 nitrogen and oxygen atoms in total. The average molecular weight is 252 g/mol. The zero-order valence-electron chi connectivity index (χ0n) is 10.1. The topological polar surface area (TPSA) is 25.2 Å². The summed E-state index contributed by atoms with van der Waals surface area (Å²) in [6.07, 6.45) is 5.63. The first-order valence-electron chi connectivity index (χ1n) is 6.14. The summed E-state index contributed by atoms with van der Waals surface area (Å²) in [5.74, 6) is 0. The molecule has 0 aliphatic carbocycles. The maximum atomic E-state index is 9.08. The van der Waals surface area contributed by atoms with E-state index in [2.05, 4.69) is 23.8 Å². The molecule has 1 heterocycles. The fourth-order valence-corrected chi connectivity index (χ4v) is 2.37. The first kappa shape index (κ1) is 12.5. The number of aryl methyl sites for hydroxylation is 1. The van der Waals surface area contributed by atoms with Crippen molar-refractivity contribution in [3.8, 4) is 0 Å². The van der Waals surface area contributed by atoms with Crippen LogP contribution in [0.1, 0.15) is 25.3 Å². The lowest BCUT2D eigenvalue weighted by Gasteiger charge is -2.01. The number of aliphatic hydroxyl groups is 1. The van der Waals surface area contributed by atoms with Gasteiger partial charge in [0.15, 0.2) is 0 Å². The number of aromatic nitrogens is 1. The van der Waals surface area contributed by atoms with Crippen molar-refractivity contribution in [2.45, 2.75) is 32.7 Å². The Morgan fingerprint density at radius 3 is 2.88 bits per heavy atom. The molecule has 0 atom stereocenters. The number of rotatable bonds is 5. The first-order valence-corrected chi connectivity index (χ1v) is 6.52. The van der Waals surface area contributed by atoms with Crippen LogP contribution in [-0.4, -0.2) is 16.3 Å². The van der Waals surface area contributed by atoms with Crippen LogP contribution in [0.3, 0.4) is 0 Å². The molecule has 0 amide bonds. The molecule has 0 aliphatic rings. The van der Waals surface area contributed by atoms with E-state index in [1.807, 2.05) is 12.1 Å². The Morgan fingerprint density at radius 1 is 1.35 bits per heavy atom. The average Bonchev–Trinajstić information content (AvgIpc) is 2.65. The minimum absolute atomic E-state index is 0.156. The molecule has 3 heteroatoms. The van der Waals surface area contributed by atoms with Gasteiger partial charge in [0.25, 0.3) is 0 Å². The number of fused-ring (bicyclic) bond motifs is 1. The fraction of sp³-hybridized carbons (Fsp3) is 0.429. The van der Waals surface area contributed by atoms with Gasteiger partial charge in [0, 0.05) is 28.7 Å². The van der Waals surface area contributed by atoms with E-state index in [-0.39, 0.29) is 6.61 Å². The first-order chi connectivity index (χ1) is 8.26. The summed E-state index contributed by atoms with van der Waals surface area (Å²) in [5, 5.41) is 11.1. The molecule has 2 rings (SSSR count). The van der Waals surface area contributed by atoms with Crippen LogP contribution in [0.2, 0.25) is 5.02 Å². The second kappa shape index (κ2) is 5.56. The predicted octanol–water partition coefficient (Wildman–Crippen LogP) is 3.63. The van der Waals surface area contributed by atoms with E-state index < -0.39 is 0 Å². The standard InChI is InChI=1S/C14H18ClNO/c1-2-3-4-11-10-16(7-8-17)14-9-12(15)5-6-13(11)14/h5-6,9-10,17H,2-4,7-8H2,1H3. The van der Waals surface area contributed by atoms with Gasteiger partial charge in [-0.05, 0) is 30.5 Å². The smallest absolute Gasteiger partial charge is 0.0610 e. The molecule has 92 valence electrons. The van der Waals surface area contributed by atoms with Crippen molar-refractivity contribution in [3.05, 3.63) is 35.0 Å². The zero-order valence-corrected chi connectivity index (χ0v) is 10.9. The molecular weight excluding hydrogens is 234 g/mol. The molecule has 0 saturated heterocycles. The number of aliphatic hydroxyl groups excluding tert-OH is 1. The molecule has 0 fully saturated rings. The molecule has 0 unspecified atom stereocenters. The van der Waals surface area contributed by atoms with Crippen molar-refractivity contribution in [3.63, 3.8) is 0 Å². The Labute approximate surface area is 107 Å². The molecule has 0 bridgehead atoms. The Hall–Kier alpha value is -0.990. The number of nitrogens with zero attached hydrogens (tertiary/aromatic N) is 1. The van der Waals surface area contributed by atoms with E-state index in [4.69, 9.17) is 16.7 Å². The lowest BCUT2D eigenvalue weighted by Crippen LogP contribution is -1.99. The summed E-state index contributed by atoms with van der Waals surface area (Å²) in [6.45, 7) is 2.98. The van der Waals surface area contributed by atoms with E-state index in [1.54, 1.807) is 0 Å². The van der Waals surface area contributed by atoms with E-state index in [0.717, 1.165) is 17.0 Å². The minimum Gasteiger partial charge on any atom is -0.395 e. The highest BCUT2D eigenvalue weighted by atomic mass is 35.5. The van der Waals surface area contributed by atoms with Gasteiger partial charge in [-0.1, -0.05) is 31.0 Å². The molecule has 1 aromatic carbocycles. The molecule has 0 aliphatic heterocycles. The van der Waals surface area contributed by atoms with Gasteiger partial charge in [-0.3, -0.25) is 0 Å². The minimum atomic E-state index is 0.156. The van der Waals surface area contributed by atoms with Gasteiger partial charge >= 0.3 is 0 Å². The largest absolute Gasteiger partial charge is 0.395 e. The van der Waals surface area contributed by atoms with Gasteiger partial charge in [0.2, 0.25) is 0 Å². The number of halogens is 1. The Bertz CT molecular complexity index is 504. The van der Waals surface area contributed by atoms with Crippen LogP contribution in [0.15, 0.2) is 24.4 Å². The maximum Gasteiger partial charge on any atom is 0.0610 e. The predicted molar refractivity (Wildman–Crippen MR) is 72.6 cm³/mol. The van der Waals surface area contributed by atoms with Crippen LogP contribution in [0, 0.1) is 0 Å². The lowest BCUT2D eigenvalue weighted by atomic mass is 10.1. The van der Waals surface area contributed by atoms with Crippen LogP contribution in [-0.2, 0) is 13.0 Å².